The molecule has 0 fully saturated rings. The number of methoxy groups -OCH3 is 1. The lowest BCUT2D eigenvalue weighted by Gasteiger charge is -2.23. The van der Waals surface area contributed by atoms with Crippen LogP contribution in [0.1, 0.15) is 12.5 Å². The van der Waals surface area contributed by atoms with Crippen molar-refractivity contribution in [1.29, 1.82) is 0 Å². The Morgan fingerprint density at radius 3 is 2.47 bits per heavy atom. The Hall–Kier alpha value is -3.39. The molecule has 0 atom stereocenters. The van der Waals surface area contributed by atoms with Crippen LogP contribution >= 0.6 is 0 Å². The van der Waals surface area contributed by atoms with Crippen LogP contribution in [-0.2, 0) is 14.8 Å². The summed E-state index contributed by atoms with van der Waals surface area (Å²) in [5.74, 6) is -0.0814. The molecule has 0 aliphatic heterocycles. The summed E-state index contributed by atoms with van der Waals surface area (Å²) in [7, 11) is -2.13. The number of nitrogens with one attached hydrogen (secondary N) is 1. The summed E-state index contributed by atoms with van der Waals surface area (Å²) >= 11 is 0. The lowest BCUT2D eigenvalue weighted by Crippen LogP contribution is -2.40. The molecule has 0 radical (unpaired) electrons. The van der Waals surface area contributed by atoms with Gasteiger partial charge in [0.1, 0.15) is 12.3 Å². The molecule has 7 nitrogen and oxygen atoms in total. The molecule has 0 aliphatic rings. The molecule has 0 spiro atoms. The number of amides is 1. The molecule has 0 saturated heterocycles. The summed E-state index contributed by atoms with van der Waals surface area (Å²) in [5, 5.41) is 6.08. The first kappa shape index (κ1) is 21.3. The second kappa shape index (κ2) is 9.41. The molecule has 0 aromatic heterocycles. The van der Waals surface area contributed by atoms with E-state index in [1.807, 2.05) is 42.5 Å². The zero-order chi connectivity index (χ0) is 21.6. The predicted octanol–water partition coefficient (Wildman–Crippen LogP) is 3.15. The highest BCUT2D eigenvalue weighted by atomic mass is 32.2. The zero-order valence-corrected chi connectivity index (χ0v) is 17.6. The van der Waals surface area contributed by atoms with Gasteiger partial charge < -0.3 is 4.74 Å². The molecule has 30 heavy (non-hydrogen) atoms. The fourth-order valence-corrected chi connectivity index (χ4v) is 4.03. The number of nitrogens with zero attached hydrogens (tertiary/aromatic N) is 2. The normalized spacial score (nSPS) is 11.5. The van der Waals surface area contributed by atoms with Crippen LogP contribution in [0.5, 0.6) is 5.75 Å². The minimum Gasteiger partial charge on any atom is -0.497 e. The molecule has 0 unspecified atom stereocenters. The highest BCUT2D eigenvalue weighted by molar-refractivity contribution is 7.92. The molecular weight excluding hydrogens is 402 g/mol. The number of anilines is 1. The molecular formula is C22H23N3O4S. The Morgan fingerprint density at radius 1 is 1.07 bits per heavy atom. The third-order valence-corrected chi connectivity index (χ3v) is 6.31. The standard InChI is InChI=1S/C22H23N3O4S/c1-3-30(27,28)25(19-11-13-20(29-2)14-12-19)16-22(26)24-23-15-18-9-6-8-17-7-4-5-10-21(17)18/h4-15H,3,16H2,1-2H3,(H,24,26)/b23-15-. The quantitative estimate of drug-likeness (QED) is 0.444. The van der Waals surface area contributed by atoms with Gasteiger partial charge in [0.2, 0.25) is 10.0 Å². The topological polar surface area (TPSA) is 88.1 Å². The summed E-state index contributed by atoms with van der Waals surface area (Å²) in [5.41, 5.74) is 3.64. The first-order chi connectivity index (χ1) is 14.4. The maximum atomic E-state index is 12.5. The SMILES string of the molecule is CCS(=O)(=O)N(CC(=O)N/N=C\c1cccc2ccccc12)c1ccc(OC)cc1. The number of hydrazone groups is 1. The van der Waals surface area contributed by atoms with Crippen molar-refractivity contribution in [3.05, 3.63) is 72.3 Å². The average molecular weight is 426 g/mol. The smallest absolute Gasteiger partial charge is 0.260 e. The van der Waals surface area contributed by atoms with Gasteiger partial charge in [0.15, 0.2) is 0 Å². The van der Waals surface area contributed by atoms with E-state index >= 15 is 0 Å². The highest BCUT2D eigenvalue weighted by Crippen LogP contribution is 2.22. The van der Waals surface area contributed by atoms with E-state index < -0.39 is 15.9 Å². The van der Waals surface area contributed by atoms with Crippen molar-refractivity contribution in [2.24, 2.45) is 5.10 Å². The van der Waals surface area contributed by atoms with Gasteiger partial charge in [-0.2, -0.15) is 5.10 Å². The Balaban J connectivity index is 1.75. The van der Waals surface area contributed by atoms with Crippen molar-refractivity contribution in [2.75, 3.05) is 23.7 Å². The van der Waals surface area contributed by atoms with E-state index in [0.29, 0.717) is 11.4 Å². The lowest BCUT2D eigenvalue weighted by atomic mass is 10.1. The van der Waals surface area contributed by atoms with E-state index in [2.05, 4.69) is 10.5 Å². The van der Waals surface area contributed by atoms with Crippen molar-refractivity contribution in [3.63, 3.8) is 0 Å². The fraction of sp³-hybridized carbons (Fsp3) is 0.182. The lowest BCUT2D eigenvalue weighted by molar-refractivity contribution is -0.119. The molecule has 0 aliphatic carbocycles. The van der Waals surface area contributed by atoms with Crippen LogP contribution in [0.25, 0.3) is 10.8 Å². The first-order valence-corrected chi connectivity index (χ1v) is 11.0. The van der Waals surface area contributed by atoms with Gasteiger partial charge in [0.25, 0.3) is 5.91 Å². The number of carbonyl (C=O) groups excluding carboxylic acids is 1. The molecule has 3 rings (SSSR count). The minimum atomic E-state index is -3.65. The van der Waals surface area contributed by atoms with E-state index in [1.54, 1.807) is 30.5 Å². The summed E-state index contributed by atoms with van der Waals surface area (Å²) in [6.45, 7) is 1.15. The number of fused-ring (bicyclic) bond motifs is 1. The van der Waals surface area contributed by atoms with E-state index in [-0.39, 0.29) is 12.3 Å². The largest absolute Gasteiger partial charge is 0.497 e. The van der Waals surface area contributed by atoms with E-state index in [9.17, 15) is 13.2 Å². The van der Waals surface area contributed by atoms with Crippen molar-refractivity contribution >= 4 is 38.6 Å². The number of benzene rings is 3. The fourth-order valence-electron chi connectivity index (χ4n) is 2.96. The molecule has 0 bridgehead atoms. The summed E-state index contributed by atoms with van der Waals surface area (Å²) < 4.78 is 31.2. The summed E-state index contributed by atoms with van der Waals surface area (Å²) in [4.78, 5) is 12.4. The van der Waals surface area contributed by atoms with Crippen LogP contribution in [0.4, 0.5) is 5.69 Å². The number of hydrogen-bond donors (Lipinski definition) is 1. The highest BCUT2D eigenvalue weighted by Gasteiger charge is 2.23. The van der Waals surface area contributed by atoms with Gasteiger partial charge in [-0.3, -0.25) is 9.10 Å². The molecule has 156 valence electrons. The van der Waals surface area contributed by atoms with Crippen LogP contribution in [0, 0.1) is 0 Å². The number of ether oxygens (including phenoxy) is 1. The van der Waals surface area contributed by atoms with Gasteiger partial charge >= 0.3 is 0 Å². The summed E-state index contributed by atoms with van der Waals surface area (Å²) in [6, 6.07) is 20.1. The molecule has 1 N–H and O–H groups in total. The maximum absolute atomic E-state index is 12.5. The van der Waals surface area contributed by atoms with Gasteiger partial charge in [0, 0.05) is 5.56 Å². The van der Waals surface area contributed by atoms with Gasteiger partial charge in [0.05, 0.1) is 24.8 Å². The van der Waals surface area contributed by atoms with Crippen LogP contribution < -0.4 is 14.5 Å². The van der Waals surface area contributed by atoms with Gasteiger partial charge in [-0.25, -0.2) is 13.8 Å². The Morgan fingerprint density at radius 2 is 1.77 bits per heavy atom. The number of hydrogen-bond acceptors (Lipinski definition) is 5. The zero-order valence-electron chi connectivity index (χ0n) is 16.8. The Bertz CT molecular complexity index is 1150. The van der Waals surface area contributed by atoms with E-state index in [4.69, 9.17) is 4.74 Å². The Labute approximate surface area is 176 Å². The number of carbonyl (C=O) groups is 1. The minimum absolute atomic E-state index is 0.133. The molecule has 1 amide bonds. The third-order valence-electron chi connectivity index (χ3n) is 4.56. The van der Waals surface area contributed by atoms with Crippen LogP contribution in [0.3, 0.4) is 0 Å². The maximum Gasteiger partial charge on any atom is 0.260 e. The first-order valence-electron chi connectivity index (χ1n) is 9.38. The van der Waals surface area contributed by atoms with Gasteiger partial charge in [-0.15, -0.1) is 0 Å². The van der Waals surface area contributed by atoms with E-state index in [0.717, 1.165) is 20.6 Å². The van der Waals surface area contributed by atoms with Crippen molar-refractivity contribution in [2.45, 2.75) is 6.92 Å². The number of sulfonamides is 1. The van der Waals surface area contributed by atoms with E-state index in [1.165, 1.54) is 14.0 Å². The third kappa shape index (κ3) is 4.96. The second-order valence-corrected chi connectivity index (χ2v) is 8.65. The Kier molecular flexibility index (Phi) is 6.68. The van der Waals surface area contributed by atoms with Gasteiger partial charge in [-0.05, 0) is 42.0 Å². The number of rotatable bonds is 8. The average Bonchev–Trinajstić information content (AvgIpc) is 2.77. The molecule has 0 heterocycles. The predicted molar refractivity (Wildman–Crippen MR) is 119 cm³/mol. The van der Waals surface area contributed by atoms with Crippen LogP contribution in [0.15, 0.2) is 71.8 Å². The van der Waals surface area contributed by atoms with Crippen molar-refractivity contribution in [1.82, 2.24) is 5.43 Å². The molecule has 3 aromatic carbocycles. The van der Waals surface area contributed by atoms with Crippen molar-refractivity contribution < 1.29 is 17.9 Å². The monoisotopic (exact) mass is 425 g/mol. The second-order valence-electron chi connectivity index (χ2n) is 6.47. The van der Waals surface area contributed by atoms with Crippen molar-refractivity contribution in [3.8, 4) is 5.75 Å². The van der Waals surface area contributed by atoms with Crippen LogP contribution in [-0.4, -0.2) is 39.9 Å². The summed E-state index contributed by atoms with van der Waals surface area (Å²) in [6.07, 6.45) is 1.55. The van der Waals surface area contributed by atoms with Crippen LogP contribution in [0.2, 0.25) is 0 Å². The molecule has 0 saturated carbocycles. The molecule has 3 aromatic rings. The van der Waals surface area contributed by atoms with Gasteiger partial charge in [-0.1, -0.05) is 42.5 Å². The molecule has 8 heteroatoms.